The number of methoxy groups -OCH3 is 1. The summed E-state index contributed by atoms with van der Waals surface area (Å²) in [5.41, 5.74) is 0. The van der Waals surface area contributed by atoms with Gasteiger partial charge < -0.3 is 4.74 Å². The molecule has 2 N–H and O–H groups in total. The largest absolute Gasteiger partial charge is 0.379 e. The molecule has 0 radical (unpaired) electrons. The molecule has 1 aliphatic rings. The van der Waals surface area contributed by atoms with Crippen molar-refractivity contribution in [1.29, 1.82) is 0 Å². The SMILES string of the molecule is COC1CNS(=O)(=O)NC1. The van der Waals surface area contributed by atoms with E-state index in [1.807, 2.05) is 0 Å². The van der Waals surface area contributed by atoms with Crippen molar-refractivity contribution < 1.29 is 13.2 Å². The molecule has 0 spiro atoms. The highest BCUT2D eigenvalue weighted by Gasteiger charge is 2.20. The van der Waals surface area contributed by atoms with Crippen molar-refractivity contribution in [3.8, 4) is 0 Å². The Bertz CT molecular complexity index is 187. The van der Waals surface area contributed by atoms with E-state index in [1.165, 1.54) is 0 Å². The molecule has 0 aromatic heterocycles. The Kier molecular flexibility index (Phi) is 2.24. The molecule has 1 heterocycles. The standard InChI is InChI=1S/C4H10N2O3S/c1-9-4-2-5-10(7,8)6-3-4/h4-6H,2-3H2,1H3. The zero-order valence-electron chi connectivity index (χ0n) is 5.62. The second-order valence-corrected chi connectivity index (χ2v) is 3.64. The first-order chi connectivity index (χ1) is 4.64. The zero-order chi connectivity index (χ0) is 7.61. The maximum atomic E-state index is 10.6. The Balaban J connectivity index is 2.46. The highest BCUT2D eigenvalue weighted by atomic mass is 32.2. The molecule has 1 fully saturated rings. The van der Waals surface area contributed by atoms with Gasteiger partial charge in [-0.1, -0.05) is 0 Å². The molecule has 0 unspecified atom stereocenters. The molecular formula is C4H10N2O3S. The Labute approximate surface area is 59.9 Å². The van der Waals surface area contributed by atoms with E-state index in [1.54, 1.807) is 7.11 Å². The topological polar surface area (TPSA) is 67.4 Å². The minimum Gasteiger partial charge on any atom is -0.379 e. The maximum Gasteiger partial charge on any atom is 0.277 e. The lowest BCUT2D eigenvalue weighted by Crippen LogP contribution is -2.51. The van der Waals surface area contributed by atoms with Crippen molar-refractivity contribution >= 4 is 10.2 Å². The summed E-state index contributed by atoms with van der Waals surface area (Å²) in [6.45, 7) is 0.706. The number of ether oxygens (including phenoxy) is 1. The fourth-order valence-corrected chi connectivity index (χ4v) is 1.61. The second-order valence-electron chi connectivity index (χ2n) is 2.06. The summed E-state index contributed by atoms with van der Waals surface area (Å²) >= 11 is 0. The van der Waals surface area contributed by atoms with E-state index in [-0.39, 0.29) is 6.10 Å². The zero-order valence-corrected chi connectivity index (χ0v) is 6.44. The van der Waals surface area contributed by atoms with Crippen molar-refractivity contribution in [2.75, 3.05) is 20.2 Å². The van der Waals surface area contributed by atoms with E-state index in [0.717, 1.165) is 0 Å². The van der Waals surface area contributed by atoms with Gasteiger partial charge in [-0.05, 0) is 0 Å². The van der Waals surface area contributed by atoms with Gasteiger partial charge in [0.25, 0.3) is 10.2 Å². The van der Waals surface area contributed by atoms with Crippen molar-refractivity contribution in [3.05, 3.63) is 0 Å². The summed E-state index contributed by atoms with van der Waals surface area (Å²) in [5, 5.41) is 0. The van der Waals surface area contributed by atoms with Crippen molar-refractivity contribution in [3.63, 3.8) is 0 Å². The Morgan fingerprint density at radius 1 is 1.40 bits per heavy atom. The Hall–Kier alpha value is -0.170. The summed E-state index contributed by atoms with van der Waals surface area (Å²) in [4.78, 5) is 0. The molecule has 0 aromatic carbocycles. The van der Waals surface area contributed by atoms with Crippen LogP contribution < -0.4 is 9.44 Å². The van der Waals surface area contributed by atoms with Crippen molar-refractivity contribution in [2.24, 2.45) is 0 Å². The van der Waals surface area contributed by atoms with Crippen LogP contribution in [0.2, 0.25) is 0 Å². The van der Waals surface area contributed by atoms with Crippen LogP contribution in [0.3, 0.4) is 0 Å². The van der Waals surface area contributed by atoms with Crippen molar-refractivity contribution in [2.45, 2.75) is 6.10 Å². The molecule has 0 aromatic rings. The van der Waals surface area contributed by atoms with E-state index in [0.29, 0.717) is 13.1 Å². The summed E-state index contributed by atoms with van der Waals surface area (Å²) in [7, 11) is -1.66. The highest BCUT2D eigenvalue weighted by Crippen LogP contribution is 1.93. The van der Waals surface area contributed by atoms with Gasteiger partial charge in [0, 0.05) is 20.2 Å². The first-order valence-corrected chi connectivity index (χ1v) is 4.39. The Morgan fingerprint density at radius 2 is 1.90 bits per heavy atom. The molecule has 1 saturated heterocycles. The monoisotopic (exact) mass is 166 g/mol. The van der Waals surface area contributed by atoms with Crippen LogP contribution in [0, 0.1) is 0 Å². The summed E-state index contributed by atoms with van der Waals surface area (Å²) in [6, 6.07) is 0. The smallest absolute Gasteiger partial charge is 0.277 e. The molecule has 0 amide bonds. The van der Waals surface area contributed by atoms with Gasteiger partial charge in [-0.15, -0.1) is 0 Å². The third-order valence-electron chi connectivity index (χ3n) is 1.34. The number of rotatable bonds is 1. The van der Waals surface area contributed by atoms with Crippen LogP contribution in [0.4, 0.5) is 0 Å². The molecule has 1 aliphatic heterocycles. The molecule has 10 heavy (non-hydrogen) atoms. The van der Waals surface area contributed by atoms with Gasteiger partial charge in [-0.25, -0.2) is 0 Å². The van der Waals surface area contributed by atoms with E-state index >= 15 is 0 Å². The molecule has 0 atom stereocenters. The fourth-order valence-electron chi connectivity index (χ4n) is 0.695. The lowest BCUT2D eigenvalue weighted by Gasteiger charge is -2.21. The normalized spacial score (nSPS) is 26.5. The number of nitrogens with one attached hydrogen (secondary N) is 2. The van der Waals surface area contributed by atoms with E-state index in [4.69, 9.17) is 4.74 Å². The van der Waals surface area contributed by atoms with E-state index < -0.39 is 10.2 Å². The quantitative estimate of drug-likeness (QED) is 0.495. The average Bonchev–Trinajstić information content (AvgIpc) is 1.88. The maximum absolute atomic E-state index is 10.6. The Morgan fingerprint density at radius 3 is 2.30 bits per heavy atom. The van der Waals surface area contributed by atoms with Crippen LogP contribution in [0.1, 0.15) is 0 Å². The van der Waals surface area contributed by atoms with E-state index in [9.17, 15) is 8.42 Å². The number of hydrogen-bond donors (Lipinski definition) is 2. The van der Waals surface area contributed by atoms with Crippen LogP contribution in [0.25, 0.3) is 0 Å². The highest BCUT2D eigenvalue weighted by molar-refractivity contribution is 7.87. The minimum atomic E-state index is -3.21. The van der Waals surface area contributed by atoms with Crippen molar-refractivity contribution in [1.82, 2.24) is 9.44 Å². The molecule has 0 bridgehead atoms. The van der Waals surface area contributed by atoms with Crippen LogP contribution >= 0.6 is 0 Å². The molecule has 6 heteroatoms. The molecule has 5 nitrogen and oxygen atoms in total. The van der Waals surface area contributed by atoms with Crippen LogP contribution in [-0.4, -0.2) is 34.7 Å². The van der Waals surface area contributed by atoms with Gasteiger partial charge in [0.05, 0.1) is 6.10 Å². The lowest BCUT2D eigenvalue weighted by molar-refractivity contribution is 0.105. The average molecular weight is 166 g/mol. The van der Waals surface area contributed by atoms with Gasteiger partial charge >= 0.3 is 0 Å². The van der Waals surface area contributed by atoms with Crippen LogP contribution in [-0.2, 0) is 14.9 Å². The lowest BCUT2D eigenvalue weighted by atomic mass is 10.4. The summed E-state index contributed by atoms with van der Waals surface area (Å²) in [6.07, 6.45) is -0.0523. The predicted octanol–water partition coefficient (Wildman–Crippen LogP) is -1.56. The van der Waals surface area contributed by atoms with Gasteiger partial charge in [0.2, 0.25) is 0 Å². The second kappa shape index (κ2) is 2.83. The molecule has 0 saturated carbocycles. The predicted molar refractivity (Wildman–Crippen MR) is 35.7 cm³/mol. The summed E-state index contributed by atoms with van der Waals surface area (Å²) < 4.78 is 30.8. The summed E-state index contributed by atoms with van der Waals surface area (Å²) in [5.74, 6) is 0. The third kappa shape index (κ3) is 1.91. The fraction of sp³-hybridized carbons (Fsp3) is 1.00. The minimum absolute atomic E-state index is 0.0523. The van der Waals surface area contributed by atoms with Gasteiger partial charge in [-0.3, -0.25) is 0 Å². The first kappa shape index (κ1) is 7.93. The molecular weight excluding hydrogens is 156 g/mol. The van der Waals surface area contributed by atoms with Gasteiger partial charge in [-0.2, -0.15) is 17.9 Å². The van der Waals surface area contributed by atoms with E-state index in [2.05, 4.69) is 9.44 Å². The molecule has 1 rings (SSSR count). The van der Waals surface area contributed by atoms with Crippen LogP contribution in [0.5, 0.6) is 0 Å². The van der Waals surface area contributed by atoms with Crippen LogP contribution in [0.15, 0.2) is 0 Å². The van der Waals surface area contributed by atoms with Gasteiger partial charge in [0.1, 0.15) is 0 Å². The third-order valence-corrected chi connectivity index (χ3v) is 2.43. The molecule has 0 aliphatic carbocycles. The number of hydrogen-bond acceptors (Lipinski definition) is 3. The van der Waals surface area contributed by atoms with Gasteiger partial charge in [0.15, 0.2) is 0 Å². The first-order valence-electron chi connectivity index (χ1n) is 2.91. The molecule has 60 valence electrons.